The summed E-state index contributed by atoms with van der Waals surface area (Å²) >= 11 is 3.34. The molecule has 8 heteroatoms. The topological polar surface area (TPSA) is 69.7 Å². The summed E-state index contributed by atoms with van der Waals surface area (Å²) in [4.78, 5) is 15.3. The van der Waals surface area contributed by atoms with E-state index >= 15 is 0 Å². The molecule has 1 saturated heterocycles. The first-order valence-corrected chi connectivity index (χ1v) is 12.0. The quantitative estimate of drug-likeness (QED) is 0.694. The van der Waals surface area contributed by atoms with Gasteiger partial charge >= 0.3 is 0 Å². The van der Waals surface area contributed by atoms with E-state index in [2.05, 4.69) is 26.1 Å². The number of nitrogens with one attached hydrogen (secondary N) is 1. The summed E-state index contributed by atoms with van der Waals surface area (Å²) in [6.07, 6.45) is 2.07. The Morgan fingerprint density at radius 2 is 1.59 bits per heavy atom. The van der Waals surface area contributed by atoms with E-state index in [0.29, 0.717) is 31.1 Å². The van der Waals surface area contributed by atoms with Crippen molar-refractivity contribution in [2.24, 2.45) is 0 Å². The minimum Gasteiger partial charge on any atom is -0.352 e. The Morgan fingerprint density at radius 3 is 2.17 bits per heavy atom. The third-order valence-electron chi connectivity index (χ3n) is 5.38. The molecule has 1 saturated carbocycles. The zero-order chi connectivity index (χ0) is 20.4. The zero-order valence-electron chi connectivity index (χ0n) is 16.0. The molecule has 6 nitrogen and oxygen atoms in total. The second-order valence-corrected chi connectivity index (χ2v) is 10.3. The molecule has 2 aliphatic rings. The maximum absolute atomic E-state index is 12.9. The Morgan fingerprint density at radius 1 is 0.966 bits per heavy atom. The van der Waals surface area contributed by atoms with Gasteiger partial charge in [0.15, 0.2) is 0 Å². The summed E-state index contributed by atoms with van der Waals surface area (Å²) in [5.41, 5.74) is 0.940. The van der Waals surface area contributed by atoms with Gasteiger partial charge < -0.3 is 5.32 Å². The largest absolute Gasteiger partial charge is 0.352 e. The molecule has 1 aliphatic heterocycles. The number of carbonyl (C=O) groups excluding carboxylic acids is 1. The van der Waals surface area contributed by atoms with E-state index in [4.69, 9.17) is 0 Å². The fourth-order valence-corrected chi connectivity index (χ4v) is 5.32. The van der Waals surface area contributed by atoms with Crippen LogP contribution in [0.15, 0.2) is 64.0 Å². The monoisotopic (exact) mass is 477 g/mol. The highest BCUT2D eigenvalue weighted by Gasteiger charge is 2.36. The highest BCUT2D eigenvalue weighted by atomic mass is 79.9. The molecule has 0 aromatic heterocycles. The van der Waals surface area contributed by atoms with Crippen LogP contribution < -0.4 is 5.32 Å². The summed E-state index contributed by atoms with van der Waals surface area (Å²) in [5.74, 6) is 0.00270. The summed E-state index contributed by atoms with van der Waals surface area (Å²) in [5, 5.41) is 3.11. The van der Waals surface area contributed by atoms with Crippen molar-refractivity contribution in [1.82, 2.24) is 14.5 Å². The molecule has 29 heavy (non-hydrogen) atoms. The van der Waals surface area contributed by atoms with Crippen LogP contribution in [0.3, 0.4) is 0 Å². The highest BCUT2D eigenvalue weighted by molar-refractivity contribution is 9.10. The van der Waals surface area contributed by atoms with E-state index in [-0.39, 0.29) is 11.9 Å². The molecular weight excluding hydrogens is 454 g/mol. The van der Waals surface area contributed by atoms with Crippen LogP contribution in [0, 0.1) is 0 Å². The molecule has 2 aromatic carbocycles. The summed E-state index contributed by atoms with van der Waals surface area (Å²) in [7, 11) is -3.54. The van der Waals surface area contributed by atoms with E-state index < -0.39 is 16.1 Å². The number of piperazine rings is 1. The first-order chi connectivity index (χ1) is 13.9. The van der Waals surface area contributed by atoms with Gasteiger partial charge in [0.2, 0.25) is 15.9 Å². The van der Waals surface area contributed by atoms with E-state index in [9.17, 15) is 13.2 Å². The molecule has 0 radical (unpaired) electrons. The van der Waals surface area contributed by atoms with E-state index in [0.717, 1.165) is 22.9 Å². The van der Waals surface area contributed by atoms with Crippen molar-refractivity contribution in [3.8, 4) is 0 Å². The van der Waals surface area contributed by atoms with Gasteiger partial charge in [-0.15, -0.1) is 0 Å². The average Bonchev–Trinajstić information content (AvgIpc) is 3.54. The number of hydrogen-bond donors (Lipinski definition) is 1. The summed E-state index contributed by atoms with van der Waals surface area (Å²) < 4.78 is 28.2. The molecule has 0 spiro atoms. The number of sulfonamides is 1. The van der Waals surface area contributed by atoms with Gasteiger partial charge in [-0.05, 0) is 42.7 Å². The van der Waals surface area contributed by atoms with Gasteiger partial charge in [0.1, 0.15) is 6.04 Å². The van der Waals surface area contributed by atoms with Gasteiger partial charge in [-0.3, -0.25) is 9.69 Å². The molecule has 1 atom stereocenters. The van der Waals surface area contributed by atoms with Crippen molar-refractivity contribution in [2.45, 2.75) is 29.8 Å². The maximum Gasteiger partial charge on any atom is 0.243 e. The number of hydrogen-bond acceptors (Lipinski definition) is 4. The molecule has 2 fully saturated rings. The van der Waals surface area contributed by atoms with Crippen molar-refractivity contribution in [1.29, 1.82) is 0 Å². The normalized spacial score (nSPS) is 19.6. The lowest BCUT2D eigenvalue weighted by Gasteiger charge is -2.38. The van der Waals surface area contributed by atoms with E-state index in [1.807, 2.05) is 30.3 Å². The van der Waals surface area contributed by atoms with Crippen molar-refractivity contribution < 1.29 is 13.2 Å². The lowest BCUT2D eigenvalue weighted by molar-refractivity contribution is -0.127. The number of carbonyl (C=O) groups is 1. The Balaban J connectivity index is 1.48. The number of halogens is 1. The van der Waals surface area contributed by atoms with Crippen LogP contribution in [0.1, 0.15) is 24.4 Å². The summed E-state index contributed by atoms with van der Waals surface area (Å²) in [6, 6.07) is 16.3. The van der Waals surface area contributed by atoms with Gasteiger partial charge in [0.05, 0.1) is 4.90 Å². The second-order valence-electron chi connectivity index (χ2n) is 7.49. The lowest BCUT2D eigenvalue weighted by Crippen LogP contribution is -2.52. The Kier molecular flexibility index (Phi) is 6.06. The van der Waals surface area contributed by atoms with Crippen LogP contribution >= 0.6 is 15.9 Å². The zero-order valence-corrected chi connectivity index (χ0v) is 18.4. The molecule has 0 bridgehead atoms. The van der Waals surface area contributed by atoms with Gasteiger partial charge in [-0.25, -0.2) is 8.42 Å². The van der Waals surface area contributed by atoms with Crippen LogP contribution in [-0.2, 0) is 14.8 Å². The van der Waals surface area contributed by atoms with Crippen LogP contribution in [0.2, 0.25) is 0 Å². The Hall–Kier alpha value is -1.74. The van der Waals surface area contributed by atoms with Crippen molar-refractivity contribution in [3.63, 3.8) is 0 Å². The molecule has 1 amide bonds. The molecule has 1 heterocycles. The van der Waals surface area contributed by atoms with Gasteiger partial charge in [-0.1, -0.05) is 46.3 Å². The SMILES string of the molecule is O=C(NC1CC1)[C@H](c1ccccc1)N1CCN(S(=O)(=O)c2ccc(Br)cc2)CC1. The predicted octanol–water partition coefficient (Wildman–Crippen LogP) is 2.78. The molecule has 1 aliphatic carbocycles. The fourth-order valence-electron chi connectivity index (χ4n) is 3.63. The third kappa shape index (κ3) is 4.71. The molecule has 4 rings (SSSR count). The molecule has 0 unspecified atom stereocenters. The van der Waals surface area contributed by atoms with E-state index in [1.54, 1.807) is 24.3 Å². The predicted molar refractivity (Wildman–Crippen MR) is 115 cm³/mol. The van der Waals surface area contributed by atoms with Crippen molar-refractivity contribution in [3.05, 3.63) is 64.6 Å². The van der Waals surface area contributed by atoms with Gasteiger partial charge in [0.25, 0.3) is 0 Å². The Labute approximate surface area is 180 Å². The highest BCUT2D eigenvalue weighted by Crippen LogP contribution is 2.27. The minimum atomic E-state index is -3.54. The molecule has 1 N–H and O–H groups in total. The minimum absolute atomic E-state index is 0.00270. The molecule has 154 valence electrons. The Bertz CT molecular complexity index is 954. The number of rotatable bonds is 6. The van der Waals surface area contributed by atoms with Gasteiger partial charge in [0, 0.05) is 36.7 Å². The standard InChI is InChI=1S/C21H24BrN3O3S/c22-17-6-10-19(11-7-17)29(27,28)25-14-12-24(13-15-25)20(16-4-2-1-3-5-16)21(26)23-18-8-9-18/h1-7,10-11,18,20H,8-9,12-15H2,(H,23,26)/t20-/m0/s1. The van der Waals surface area contributed by atoms with E-state index in [1.165, 1.54) is 4.31 Å². The first kappa shape index (κ1) is 20.5. The van der Waals surface area contributed by atoms with Crippen molar-refractivity contribution in [2.75, 3.05) is 26.2 Å². The number of nitrogens with zero attached hydrogens (tertiary/aromatic N) is 2. The summed E-state index contributed by atoms with van der Waals surface area (Å²) in [6.45, 7) is 1.73. The van der Waals surface area contributed by atoms with Crippen LogP contribution in [-0.4, -0.2) is 55.8 Å². The van der Waals surface area contributed by atoms with Gasteiger partial charge in [-0.2, -0.15) is 4.31 Å². The molecular formula is C21H24BrN3O3S. The second kappa shape index (κ2) is 8.55. The molecule has 2 aromatic rings. The van der Waals surface area contributed by atoms with Crippen LogP contribution in [0.4, 0.5) is 0 Å². The van der Waals surface area contributed by atoms with Crippen LogP contribution in [0.25, 0.3) is 0 Å². The fraction of sp³-hybridized carbons (Fsp3) is 0.381. The maximum atomic E-state index is 12.9. The smallest absolute Gasteiger partial charge is 0.243 e. The number of amides is 1. The van der Waals surface area contributed by atoms with Crippen molar-refractivity contribution >= 4 is 31.9 Å². The third-order valence-corrected chi connectivity index (χ3v) is 7.82. The number of benzene rings is 2. The van der Waals surface area contributed by atoms with Crippen LogP contribution in [0.5, 0.6) is 0 Å². The lowest BCUT2D eigenvalue weighted by atomic mass is 10.0. The first-order valence-electron chi connectivity index (χ1n) is 9.80. The average molecular weight is 478 g/mol.